The Morgan fingerprint density at radius 1 is 1.41 bits per heavy atom. The number of aryl methyl sites for hydroxylation is 2. The molecule has 7 heteroatoms. The van der Waals surface area contributed by atoms with Gasteiger partial charge in [-0.2, -0.15) is 9.90 Å². The second-order valence-electron chi connectivity index (χ2n) is 3.89. The van der Waals surface area contributed by atoms with Crippen molar-refractivity contribution in [3.8, 4) is 0 Å². The van der Waals surface area contributed by atoms with Gasteiger partial charge in [0.25, 0.3) is 0 Å². The van der Waals surface area contributed by atoms with Gasteiger partial charge in [-0.1, -0.05) is 6.92 Å². The summed E-state index contributed by atoms with van der Waals surface area (Å²) in [5.41, 5.74) is 1.12. The van der Waals surface area contributed by atoms with E-state index in [1.54, 1.807) is 13.2 Å². The zero-order chi connectivity index (χ0) is 12.3. The van der Waals surface area contributed by atoms with Crippen molar-refractivity contribution < 1.29 is 0 Å². The average molecular weight is 235 g/mol. The highest BCUT2D eigenvalue weighted by molar-refractivity contribution is 5.08. The molecule has 0 fully saturated rings. The van der Waals surface area contributed by atoms with E-state index in [0.29, 0.717) is 6.42 Å². The summed E-state index contributed by atoms with van der Waals surface area (Å²) in [6.45, 7) is 2.96. The zero-order valence-corrected chi connectivity index (χ0v) is 10.3. The Morgan fingerprint density at radius 2 is 2.24 bits per heavy atom. The van der Waals surface area contributed by atoms with E-state index in [4.69, 9.17) is 0 Å². The van der Waals surface area contributed by atoms with Crippen LogP contribution in [0.5, 0.6) is 0 Å². The molecular weight excluding hydrogens is 218 g/mol. The molecule has 1 N–H and O–H groups in total. The molecule has 0 spiro atoms. The predicted octanol–water partition coefficient (Wildman–Crippen LogP) is -0.163. The highest BCUT2D eigenvalue weighted by atomic mass is 15.6. The van der Waals surface area contributed by atoms with E-state index in [2.05, 4.69) is 32.7 Å². The second-order valence-corrected chi connectivity index (χ2v) is 3.89. The van der Waals surface area contributed by atoms with Gasteiger partial charge in [0.05, 0.1) is 18.8 Å². The van der Waals surface area contributed by atoms with Crippen molar-refractivity contribution in [2.24, 2.45) is 14.1 Å². The minimum Gasteiger partial charge on any atom is -0.309 e. The second kappa shape index (κ2) is 5.05. The lowest BCUT2D eigenvalue weighted by molar-refractivity contribution is 0.497. The van der Waals surface area contributed by atoms with Crippen LogP contribution in [0.1, 0.15) is 24.5 Å². The van der Waals surface area contributed by atoms with Crippen molar-refractivity contribution in [2.45, 2.75) is 19.4 Å². The summed E-state index contributed by atoms with van der Waals surface area (Å²) in [4.78, 5) is 1.47. The number of hydrogen-bond acceptors (Lipinski definition) is 5. The standard InChI is InChI=1S/C10H17N7/c1-4-11-8(9-5-6-12-16(9)2)7-10-13-15-17(3)14-10/h5-6,8,11H,4,7H2,1-3H3. The largest absolute Gasteiger partial charge is 0.309 e. The van der Waals surface area contributed by atoms with Gasteiger partial charge in [-0.15, -0.1) is 10.2 Å². The van der Waals surface area contributed by atoms with Gasteiger partial charge in [0, 0.05) is 19.7 Å². The van der Waals surface area contributed by atoms with E-state index in [9.17, 15) is 0 Å². The van der Waals surface area contributed by atoms with Crippen LogP contribution in [0.25, 0.3) is 0 Å². The van der Waals surface area contributed by atoms with Crippen molar-refractivity contribution in [3.05, 3.63) is 23.8 Å². The molecule has 0 radical (unpaired) electrons. The smallest absolute Gasteiger partial charge is 0.176 e. The third-order valence-corrected chi connectivity index (χ3v) is 2.60. The molecule has 0 bridgehead atoms. The zero-order valence-electron chi connectivity index (χ0n) is 10.3. The van der Waals surface area contributed by atoms with Crippen LogP contribution in [0, 0.1) is 0 Å². The summed E-state index contributed by atoms with van der Waals surface area (Å²) < 4.78 is 1.86. The fourth-order valence-corrected chi connectivity index (χ4v) is 1.84. The molecule has 2 aromatic heterocycles. The first-order chi connectivity index (χ1) is 8.20. The summed E-state index contributed by atoms with van der Waals surface area (Å²) in [5.74, 6) is 0.736. The van der Waals surface area contributed by atoms with Crippen LogP contribution < -0.4 is 5.32 Å². The Balaban J connectivity index is 2.15. The summed E-state index contributed by atoms with van der Waals surface area (Å²) >= 11 is 0. The molecule has 1 atom stereocenters. The summed E-state index contributed by atoms with van der Waals surface area (Å²) in [6, 6.07) is 2.17. The maximum absolute atomic E-state index is 4.20. The molecule has 0 aromatic carbocycles. The van der Waals surface area contributed by atoms with E-state index >= 15 is 0 Å². The van der Waals surface area contributed by atoms with E-state index in [1.165, 1.54) is 4.80 Å². The maximum Gasteiger partial charge on any atom is 0.176 e. The third kappa shape index (κ3) is 2.68. The number of aromatic nitrogens is 6. The first-order valence-corrected chi connectivity index (χ1v) is 5.65. The van der Waals surface area contributed by atoms with Gasteiger partial charge in [-0.3, -0.25) is 4.68 Å². The highest BCUT2D eigenvalue weighted by Crippen LogP contribution is 2.15. The monoisotopic (exact) mass is 235 g/mol. The van der Waals surface area contributed by atoms with Crippen LogP contribution in [-0.2, 0) is 20.5 Å². The minimum absolute atomic E-state index is 0.164. The Morgan fingerprint density at radius 3 is 2.76 bits per heavy atom. The first kappa shape index (κ1) is 11.7. The van der Waals surface area contributed by atoms with Crippen LogP contribution in [-0.4, -0.2) is 36.5 Å². The Labute approximate surface area is 99.8 Å². The number of rotatable bonds is 5. The van der Waals surface area contributed by atoms with Gasteiger partial charge in [0.1, 0.15) is 0 Å². The molecule has 0 amide bonds. The van der Waals surface area contributed by atoms with Crippen LogP contribution in [0.15, 0.2) is 12.3 Å². The number of nitrogens with one attached hydrogen (secondary N) is 1. The normalized spacial score (nSPS) is 12.9. The minimum atomic E-state index is 0.164. The Bertz CT molecular complexity index is 472. The molecule has 2 rings (SSSR count). The molecule has 0 aliphatic heterocycles. The molecule has 0 aliphatic carbocycles. The van der Waals surface area contributed by atoms with Gasteiger partial charge in [-0.05, 0) is 17.8 Å². The topological polar surface area (TPSA) is 73.5 Å². The van der Waals surface area contributed by atoms with Gasteiger partial charge in [0.2, 0.25) is 0 Å². The van der Waals surface area contributed by atoms with Crippen LogP contribution in [0.2, 0.25) is 0 Å². The lowest BCUT2D eigenvalue weighted by Crippen LogP contribution is -2.25. The lowest BCUT2D eigenvalue weighted by atomic mass is 10.1. The number of hydrogen-bond donors (Lipinski definition) is 1. The molecule has 0 aliphatic rings. The van der Waals surface area contributed by atoms with Crippen molar-refractivity contribution in [3.63, 3.8) is 0 Å². The van der Waals surface area contributed by atoms with E-state index in [1.807, 2.05) is 17.8 Å². The van der Waals surface area contributed by atoms with Crippen LogP contribution in [0.4, 0.5) is 0 Å². The molecule has 7 nitrogen and oxygen atoms in total. The maximum atomic E-state index is 4.20. The van der Waals surface area contributed by atoms with Crippen molar-refractivity contribution in [2.75, 3.05) is 6.54 Å². The number of tetrazole rings is 1. The Kier molecular flexibility index (Phi) is 3.48. The van der Waals surface area contributed by atoms with Gasteiger partial charge in [0.15, 0.2) is 5.82 Å². The quantitative estimate of drug-likeness (QED) is 0.779. The molecular formula is C10H17N7. The molecule has 2 heterocycles. The van der Waals surface area contributed by atoms with Gasteiger partial charge >= 0.3 is 0 Å². The predicted molar refractivity (Wildman–Crippen MR) is 62.1 cm³/mol. The fraction of sp³-hybridized carbons (Fsp3) is 0.600. The lowest BCUT2D eigenvalue weighted by Gasteiger charge is -2.16. The molecule has 17 heavy (non-hydrogen) atoms. The molecule has 0 saturated heterocycles. The van der Waals surface area contributed by atoms with Crippen LogP contribution >= 0.6 is 0 Å². The number of likely N-dealkylation sites (N-methyl/N-ethyl adjacent to an activating group) is 1. The first-order valence-electron chi connectivity index (χ1n) is 5.65. The van der Waals surface area contributed by atoms with Crippen molar-refractivity contribution in [1.82, 2.24) is 35.3 Å². The van der Waals surface area contributed by atoms with Gasteiger partial charge in [-0.25, -0.2) is 0 Å². The van der Waals surface area contributed by atoms with Crippen LogP contribution in [0.3, 0.4) is 0 Å². The highest BCUT2D eigenvalue weighted by Gasteiger charge is 2.16. The molecule has 92 valence electrons. The summed E-state index contributed by atoms with van der Waals surface area (Å²) in [7, 11) is 3.70. The Hall–Kier alpha value is -1.76. The fourth-order valence-electron chi connectivity index (χ4n) is 1.84. The average Bonchev–Trinajstić information content (AvgIpc) is 2.87. The number of nitrogens with zero attached hydrogens (tertiary/aromatic N) is 6. The van der Waals surface area contributed by atoms with Crippen molar-refractivity contribution >= 4 is 0 Å². The van der Waals surface area contributed by atoms with Gasteiger partial charge < -0.3 is 5.32 Å². The van der Waals surface area contributed by atoms with E-state index < -0.39 is 0 Å². The molecule has 0 saturated carbocycles. The van der Waals surface area contributed by atoms with Crippen molar-refractivity contribution in [1.29, 1.82) is 0 Å². The molecule has 1 unspecified atom stereocenters. The third-order valence-electron chi connectivity index (χ3n) is 2.60. The molecule has 2 aromatic rings. The van der Waals surface area contributed by atoms with E-state index in [0.717, 1.165) is 18.1 Å². The SMILES string of the molecule is CCNC(Cc1nnn(C)n1)c1ccnn1C. The van der Waals surface area contributed by atoms with E-state index in [-0.39, 0.29) is 6.04 Å². The summed E-state index contributed by atoms with van der Waals surface area (Å²) in [5, 5.41) is 19.6. The summed E-state index contributed by atoms with van der Waals surface area (Å²) in [6.07, 6.45) is 2.50.